The Hall–Kier alpha value is -1.18. The lowest BCUT2D eigenvalue weighted by Gasteiger charge is -2.29. The Morgan fingerprint density at radius 1 is 1.22 bits per heavy atom. The number of anilines is 1. The fourth-order valence-corrected chi connectivity index (χ4v) is 3.24. The molecule has 0 bridgehead atoms. The van der Waals surface area contributed by atoms with Crippen LogP contribution in [-0.4, -0.2) is 12.6 Å². The fraction of sp³-hybridized carbons (Fsp3) is 0.625. The molecule has 2 atom stereocenters. The molecule has 1 N–H and O–H groups in total. The zero-order valence-corrected chi connectivity index (χ0v) is 11.2. The largest absolute Gasteiger partial charge is 0.488 e. The zero-order chi connectivity index (χ0) is 12.4. The molecular weight excluding hydrogens is 222 g/mol. The molecule has 18 heavy (non-hydrogen) atoms. The van der Waals surface area contributed by atoms with E-state index in [0.29, 0.717) is 6.10 Å². The minimum absolute atomic E-state index is 0.420. The zero-order valence-electron chi connectivity index (χ0n) is 11.2. The van der Waals surface area contributed by atoms with E-state index < -0.39 is 0 Å². The summed E-state index contributed by atoms with van der Waals surface area (Å²) in [6.45, 7) is 3.42. The van der Waals surface area contributed by atoms with Gasteiger partial charge in [-0.1, -0.05) is 25.5 Å². The second kappa shape index (κ2) is 5.21. The number of nitrogens with one attached hydrogen (secondary N) is 1. The van der Waals surface area contributed by atoms with Crippen LogP contribution in [0.5, 0.6) is 5.75 Å². The first-order valence-electron chi connectivity index (χ1n) is 7.35. The molecule has 2 unspecified atom stereocenters. The summed E-state index contributed by atoms with van der Waals surface area (Å²) in [5, 5.41) is 3.51. The van der Waals surface area contributed by atoms with Crippen molar-refractivity contribution in [1.29, 1.82) is 0 Å². The highest BCUT2D eigenvalue weighted by Gasteiger charge is 2.22. The molecule has 1 aromatic carbocycles. The Kier molecular flexibility index (Phi) is 3.44. The summed E-state index contributed by atoms with van der Waals surface area (Å²) < 4.78 is 6.26. The molecule has 2 heteroatoms. The van der Waals surface area contributed by atoms with Gasteiger partial charge < -0.3 is 10.1 Å². The van der Waals surface area contributed by atoms with Gasteiger partial charge in [-0.25, -0.2) is 0 Å². The Morgan fingerprint density at radius 3 is 3.06 bits per heavy atom. The Morgan fingerprint density at radius 2 is 2.17 bits per heavy atom. The lowest BCUT2D eigenvalue weighted by molar-refractivity contribution is 0.130. The predicted molar refractivity (Wildman–Crippen MR) is 75.3 cm³/mol. The first-order chi connectivity index (χ1) is 8.83. The van der Waals surface area contributed by atoms with E-state index in [4.69, 9.17) is 4.74 Å². The van der Waals surface area contributed by atoms with Gasteiger partial charge in [-0.2, -0.15) is 0 Å². The molecule has 0 spiro atoms. The SMILES string of the molecule is CC1CCCC(Oc2cccc3c2NCCC3)C1. The van der Waals surface area contributed by atoms with E-state index in [9.17, 15) is 0 Å². The van der Waals surface area contributed by atoms with Gasteiger partial charge >= 0.3 is 0 Å². The average molecular weight is 245 g/mol. The van der Waals surface area contributed by atoms with Crippen LogP contribution in [0.25, 0.3) is 0 Å². The van der Waals surface area contributed by atoms with Crippen LogP contribution in [0.3, 0.4) is 0 Å². The third kappa shape index (κ3) is 2.47. The van der Waals surface area contributed by atoms with Gasteiger partial charge in [0.2, 0.25) is 0 Å². The predicted octanol–water partition coefficient (Wildman–Crippen LogP) is 4.00. The lowest BCUT2D eigenvalue weighted by atomic mass is 9.88. The van der Waals surface area contributed by atoms with Crippen molar-refractivity contribution in [3.8, 4) is 5.75 Å². The second-order valence-electron chi connectivity index (χ2n) is 5.83. The summed E-state index contributed by atoms with van der Waals surface area (Å²) in [7, 11) is 0. The number of benzene rings is 1. The molecule has 1 aromatic rings. The normalized spacial score (nSPS) is 27.2. The van der Waals surface area contributed by atoms with Crippen LogP contribution < -0.4 is 10.1 Å². The van der Waals surface area contributed by atoms with Crippen molar-refractivity contribution in [2.75, 3.05) is 11.9 Å². The van der Waals surface area contributed by atoms with E-state index in [1.807, 2.05) is 0 Å². The van der Waals surface area contributed by atoms with E-state index >= 15 is 0 Å². The van der Waals surface area contributed by atoms with Crippen LogP contribution in [0.15, 0.2) is 18.2 Å². The minimum atomic E-state index is 0.420. The highest BCUT2D eigenvalue weighted by Crippen LogP contribution is 2.35. The van der Waals surface area contributed by atoms with Crippen LogP contribution in [0.4, 0.5) is 5.69 Å². The maximum atomic E-state index is 6.26. The monoisotopic (exact) mass is 245 g/mol. The van der Waals surface area contributed by atoms with E-state index in [0.717, 1.165) is 18.2 Å². The van der Waals surface area contributed by atoms with E-state index in [1.54, 1.807) is 0 Å². The number of rotatable bonds is 2. The molecule has 1 heterocycles. The standard InChI is InChI=1S/C16H23NO/c1-12-5-2-8-14(11-12)18-15-9-3-6-13-7-4-10-17-16(13)15/h3,6,9,12,14,17H,2,4-5,7-8,10-11H2,1H3. The number of ether oxygens (including phenoxy) is 1. The van der Waals surface area contributed by atoms with Gasteiger partial charge in [-0.05, 0) is 49.7 Å². The molecule has 2 nitrogen and oxygen atoms in total. The number of para-hydroxylation sites is 1. The van der Waals surface area contributed by atoms with Gasteiger partial charge in [-0.15, -0.1) is 0 Å². The van der Waals surface area contributed by atoms with Crippen molar-refractivity contribution in [3.63, 3.8) is 0 Å². The van der Waals surface area contributed by atoms with Crippen molar-refractivity contribution in [3.05, 3.63) is 23.8 Å². The Bertz CT molecular complexity index is 416. The van der Waals surface area contributed by atoms with Crippen LogP contribution >= 0.6 is 0 Å². The van der Waals surface area contributed by atoms with Gasteiger partial charge in [0.05, 0.1) is 11.8 Å². The van der Waals surface area contributed by atoms with Crippen molar-refractivity contribution in [2.24, 2.45) is 5.92 Å². The summed E-state index contributed by atoms with van der Waals surface area (Å²) in [5.41, 5.74) is 2.67. The van der Waals surface area contributed by atoms with Gasteiger partial charge in [0.1, 0.15) is 5.75 Å². The highest BCUT2D eigenvalue weighted by atomic mass is 16.5. The summed E-state index contributed by atoms with van der Waals surface area (Å²) in [6.07, 6.45) is 7.94. The Balaban J connectivity index is 1.76. The third-order valence-electron chi connectivity index (χ3n) is 4.22. The van der Waals surface area contributed by atoms with Gasteiger partial charge in [0.15, 0.2) is 0 Å². The van der Waals surface area contributed by atoms with E-state index in [1.165, 1.54) is 49.8 Å². The van der Waals surface area contributed by atoms with E-state index in [2.05, 4.69) is 30.4 Å². The molecule has 1 saturated carbocycles. The molecular formula is C16H23NO. The first-order valence-corrected chi connectivity index (χ1v) is 7.35. The smallest absolute Gasteiger partial charge is 0.143 e. The van der Waals surface area contributed by atoms with Crippen LogP contribution in [0.2, 0.25) is 0 Å². The molecule has 0 amide bonds. The fourth-order valence-electron chi connectivity index (χ4n) is 3.24. The van der Waals surface area contributed by atoms with Crippen molar-refractivity contribution >= 4 is 5.69 Å². The molecule has 1 aliphatic carbocycles. The van der Waals surface area contributed by atoms with E-state index in [-0.39, 0.29) is 0 Å². The number of hydrogen-bond acceptors (Lipinski definition) is 2. The summed E-state index contributed by atoms with van der Waals surface area (Å²) in [5.74, 6) is 1.89. The molecule has 0 saturated heterocycles. The highest BCUT2D eigenvalue weighted by molar-refractivity contribution is 5.63. The number of aryl methyl sites for hydroxylation is 1. The Labute approximate surface area is 110 Å². The maximum absolute atomic E-state index is 6.26. The van der Waals surface area contributed by atoms with Crippen molar-refractivity contribution in [1.82, 2.24) is 0 Å². The molecule has 0 radical (unpaired) electrons. The van der Waals surface area contributed by atoms with Gasteiger partial charge in [0.25, 0.3) is 0 Å². The summed E-state index contributed by atoms with van der Waals surface area (Å²) in [4.78, 5) is 0. The minimum Gasteiger partial charge on any atom is -0.488 e. The molecule has 1 fully saturated rings. The van der Waals surface area contributed by atoms with Crippen molar-refractivity contribution < 1.29 is 4.74 Å². The molecule has 3 rings (SSSR count). The number of fused-ring (bicyclic) bond motifs is 1. The van der Waals surface area contributed by atoms with Gasteiger partial charge in [-0.3, -0.25) is 0 Å². The third-order valence-corrected chi connectivity index (χ3v) is 4.22. The molecule has 1 aliphatic heterocycles. The van der Waals surface area contributed by atoms with Crippen LogP contribution in [0.1, 0.15) is 44.6 Å². The number of hydrogen-bond donors (Lipinski definition) is 1. The quantitative estimate of drug-likeness (QED) is 0.850. The second-order valence-corrected chi connectivity index (χ2v) is 5.83. The van der Waals surface area contributed by atoms with Crippen LogP contribution in [0, 0.1) is 5.92 Å². The van der Waals surface area contributed by atoms with Crippen LogP contribution in [-0.2, 0) is 6.42 Å². The van der Waals surface area contributed by atoms with Crippen molar-refractivity contribution in [2.45, 2.75) is 51.6 Å². The molecule has 2 aliphatic rings. The molecule has 0 aromatic heterocycles. The topological polar surface area (TPSA) is 21.3 Å². The average Bonchev–Trinajstić information content (AvgIpc) is 2.39. The van der Waals surface area contributed by atoms with Gasteiger partial charge in [0, 0.05) is 6.54 Å². The first kappa shape index (κ1) is 11.9. The lowest BCUT2D eigenvalue weighted by Crippen LogP contribution is -2.25. The summed E-state index contributed by atoms with van der Waals surface area (Å²) in [6, 6.07) is 6.47. The summed E-state index contributed by atoms with van der Waals surface area (Å²) >= 11 is 0. The molecule has 98 valence electrons. The maximum Gasteiger partial charge on any atom is 0.143 e.